The Bertz CT molecular complexity index is 579. The third-order valence-electron chi connectivity index (χ3n) is 4.68. The smallest absolute Gasteiger partial charge is 0.189 e. The minimum atomic E-state index is 0.194. The van der Waals surface area contributed by atoms with E-state index in [1.54, 1.807) is 0 Å². The number of carbonyl (C=O) groups excluding carboxylic acids is 2. The van der Waals surface area contributed by atoms with E-state index in [0.29, 0.717) is 11.7 Å². The maximum atomic E-state index is 8.81. The van der Waals surface area contributed by atoms with Crippen molar-refractivity contribution in [3.8, 4) is 0 Å². The minimum Gasteiger partial charge on any atom is -0.385 e. The molecule has 6 heteroatoms. The van der Waals surface area contributed by atoms with Crippen LogP contribution in [0, 0.1) is 12.5 Å². The number of piperidine rings is 1. The van der Waals surface area contributed by atoms with Crippen LogP contribution in [0.5, 0.6) is 0 Å². The molecular weight excluding hydrogens is 328 g/mol. The summed E-state index contributed by atoms with van der Waals surface area (Å²) in [5, 5.41) is 7.11. The molecule has 1 heterocycles. The predicted molar refractivity (Wildman–Crippen MR) is 106 cm³/mol. The molecule has 1 aromatic rings. The fraction of sp³-hybridized carbons (Fsp3) is 0.550. The molecule has 2 unspecified atom stereocenters. The molecule has 0 amide bonds. The zero-order valence-corrected chi connectivity index (χ0v) is 15.8. The molecular formula is C20H30N4O2. The molecule has 1 aliphatic rings. The summed E-state index contributed by atoms with van der Waals surface area (Å²) >= 11 is 0. The van der Waals surface area contributed by atoms with Crippen molar-refractivity contribution in [1.29, 1.82) is 0 Å². The number of carbonyl (C=O) groups is 2. The van der Waals surface area contributed by atoms with Gasteiger partial charge in [0.2, 0.25) is 0 Å². The fourth-order valence-electron chi connectivity index (χ4n) is 3.23. The number of anilines is 1. The van der Waals surface area contributed by atoms with Crippen molar-refractivity contribution in [2.24, 2.45) is 5.92 Å². The van der Waals surface area contributed by atoms with Crippen molar-refractivity contribution >= 4 is 23.9 Å². The normalized spacial score (nSPS) is 19.6. The van der Waals surface area contributed by atoms with Gasteiger partial charge >= 0.3 is 0 Å². The summed E-state index contributed by atoms with van der Waals surface area (Å²) < 4.78 is 0. The summed E-state index contributed by atoms with van der Waals surface area (Å²) in [6.45, 7) is 17.1. The van der Waals surface area contributed by atoms with Crippen molar-refractivity contribution in [2.45, 2.75) is 32.7 Å². The highest BCUT2D eigenvalue weighted by Crippen LogP contribution is 2.20. The van der Waals surface area contributed by atoms with E-state index in [-0.39, 0.29) is 12.6 Å². The summed E-state index contributed by atoms with van der Waals surface area (Å²) in [5.74, 6) is 0.763. The Hall–Kier alpha value is -2.23. The van der Waals surface area contributed by atoms with Crippen molar-refractivity contribution in [1.82, 2.24) is 10.2 Å². The van der Waals surface area contributed by atoms with Gasteiger partial charge in [0.05, 0.1) is 6.57 Å². The monoisotopic (exact) mass is 358 g/mol. The molecule has 2 rings (SSSR count). The fourth-order valence-corrected chi connectivity index (χ4v) is 3.23. The molecule has 1 saturated heterocycles. The van der Waals surface area contributed by atoms with Crippen LogP contribution in [0.3, 0.4) is 0 Å². The van der Waals surface area contributed by atoms with Gasteiger partial charge in [0, 0.05) is 31.4 Å². The Balaban J connectivity index is 0.000000765. The summed E-state index contributed by atoms with van der Waals surface area (Å²) in [4.78, 5) is 23.6. The lowest BCUT2D eigenvalue weighted by Gasteiger charge is -2.38. The van der Waals surface area contributed by atoms with Gasteiger partial charge in [-0.2, -0.15) is 0 Å². The third-order valence-corrected chi connectivity index (χ3v) is 4.68. The number of hydrogen-bond acceptors (Lipinski definition) is 5. The highest BCUT2D eigenvalue weighted by molar-refractivity contribution is 6.09. The first-order chi connectivity index (χ1) is 12.7. The number of nitrogens with one attached hydrogen (secondary N) is 2. The zero-order valence-electron chi connectivity index (χ0n) is 15.8. The maximum Gasteiger partial charge on any atom is 0.189 e. The van der Waals surface area contributed by atoms with Gasteiger partial charge in [-0.3, -0.25) is 9.59 Å². The molecule has 1 fully saturated rings. The molecule has 2 atom stereocenters. The van der Waals surface area contributed by atoms with Crippen LogP contribution < -0.4 is 10.6 Å². The van der Waals surface area contributed by atoms with Crippen LogP contribution in [-0.2, 0) is 9.59 Å². The van der Waals surface area contributed by atoms with Gasteiger partial charge in [-0.1, -0.05) is 32.4 Å². The second kappa shape index (κ2) is 13.0. The van der Waals surface area contributed by atoms with E-state index < -0.39 is 0 Å². The predicted octanol–water partition coefficient (Wildman–Crippen LogP) is 2.74. The third kappa shape index (κ3) is 7.77. The molecule has 142 valence electrons. The van der Waals surface area contributed by atoms with Crippen LogP contribution in [0.15, 0.2) is 24.3 Å². The van der Waals surface area contributed by atoms with Crippen LogP contribution >= 0.6 is 0 Å². The lowest BCUT2D eigenvalue weighted by atomic mass is 9.90. The standard InChI is InChI=1S/C18H28N4.C2H2O2/c1-4-15-14-22(5-2)12-9-18(15)21-11-10-20-17-8-6-7-16(13-17)19-3;3-1-2-4/h6-8,13,15,18,20-21H,4-5,9-12,14H2,1-2H3;1-2H. The molecule has 0 bridgehead atoms. The molecule has 1 aliphatic heterocycles. The summed E-state index contributed by atoms with van der Waals surface area (Å²) in [6, 6.07) is 8.33. The SMILES string of the molecule is O=CC=O.[C-]#[N+]c1cccc(NCCNC2CCN(CC)CC2CC)c1. The molecule has 6 nitrogen and oxygen atoms in total. The number of hydrogen-bond donors (Lipinski definition) is 2. The van der Waals surface area contributed by atoms with Gasteiger partial charge in [-0.05, 0) is 37.6 Å². The van der Waals surface area contributed by atoms with Gasteiger partial charge in [0.15, 0.2) is 18.3 Å². The molecule has 1 aromatic carbocycles. The number of aldehydes is 2. The molecule has 0 saturated carbocycles. The average Bonchev–Trinajstić information content (AvgIpc) is 2.71. The van der Waals surface area contributed by atoms with Crippen LogP contribution in [0.4, 0.5) is 11.4 Å². The molecule has 0 aliphatic carbocycles. The molecule has 0 radical (unpaired) electrons. The second-order valence-corrected chi connectivity index (χ2v) is 6.27. The number of benzene rings is 1. The van der Waals surface area contributed by atoms with E-state index in [0.717, 1.165) is 24.7 Å². The van der Waals surface area contributed by atoms with Crippen molar-refractivity contribution in [3.05, 3.63) is 35.7 Å². The first-order valence-electron chi connectivity index (χ1n) is 9.24. The van der Waals surface area contributed by atoms with Gasteiger partial charge in [0.25, 0.3) is 0 Å². The van der Waals surface area contributed by atoms with Crippen LogP contribution in [0.1, 0.15) is 26.7 Å². The van der Waals surface area contributed by atoms with Gasteiger partial charge in [0.1, 0.15) is 0 Å². The van der Waals surface area contributed by atoms with Crippen molar-refractivity contribution < 1.29 is 9.59 Å². The van der Waals surface area contributed by atoms with E-state index in [1.807, 2.05) is 24.3 Å². The molecule has 2 N–H and O–H groups in total. The number of likely N-dealkylation sites (tertiary alicyclic amines) is 1. The van der Waals surface area contributed by atoms with Gasteiger partial charge in [-0.15, -0.1) is 0 Å². The Kier molecular flexibility index (Phi) is 10.9. The minimum absolute atomic E-state index is 0.194. The van der Waals surface area contributed by atoms with Gasteiger partial charge < -0.3 is 15.5 Å². The second-order valence-electron chi connectivity index (χ2n) is 6.27. The quantitative estimate of drug-likeness (QED) is 0.324. The van der Waals surface area contributed by atoms with Crippen LogP contribution in [0.25, 0.3) is 4.85 Å². The Morgan fingerprint density at radius 1 is 1.27 bits per heavy atom. The first kappa shape index (κ1) is 21.8. The lowest BCUT2D eigenvalue weighted by molar-refractivity contribution is -0.122. The van der Waals surface area contributed by atoms with Crippen molar-refractivity contribution in [2.75, 3.05) is 38.0 Å². The Morgan fingerprint density at radius 3 is 2.65 bits per heavy atom. The molecule has 26 heavy (non-hydrogen) atoms. The first-order valence-corrected chi connectivity index (χ1v) is 9.24. The van der Waals surface area contributed by atoms with E-state index in [4.69, 9.17) is 16.2 Å². The van der Waals surface area contributed by atoms with E-state index in [9.17, 15) is 0 Å². The molecule has 0 spiro atoms. The van der Waals surface area contributed by atoms with Crippen LogP contribution in [-0.4, -0.2) is 56.2 Å². The number of rotatable bonds is 8. The van der Waals surface area contributed by atoms with Gasteiger partial charge in [-0.25, -0.2) is 4.85 Å². The number of nitrogens with zero attached hydrogens (tertiary/aromatic N) is 2. The summed E-state index contributed by atoms with van der Waals surface area (Å²) in [5.41, 5.74) is 1.72. The van der Waals surface area contributed by atoms with E-state index >= 15 is 0 Å². The summed E-state index contributed by atoms with van der Waals surface area (Å²) in [6.07, 6.45) is 2.88. The Labute approximate surface area is 156 Å². The highest BCUT2D eigenvalue weighted by Gasteiger charge is 2.26. The average molecular weight is 358 g/mol. The van der Waals surface area contributed by atoms with Crippen LogP contribution in [0.2, 0.25) is 0 Å². The topological polar surface area (TPSA) is 65.8 Å². The van der Waals surface area contributed by atoms with Crippen molar-refractivity contribution in [3.63, 3.8) is 0 Å². The highest BCUT2D eigenvalue weighted by atomic mass is 16.2. The summed E-state index contributed by atoms with van der Waals surface area (Å²) in [7, 11) is 0. The maximum absolute atomic E-state index is 8.81. The Morgan fingerprint density at radius 2 is 2.04 bits per heavy atom. The largest absolute Gasteiger partial charge is 0.385 e. The van der Waals surface area contributed by atoms with E-state index in [2.05, 4.69) is 34.2 Å². The lowest BCUT2D eigenvalue weighted by Crippen LogP contribution is -2.49. The van der Waals surface area contributed by atoms with E-state index in [1.165, 1.54) is 32.5 Å². The molecule has 0 aromatic heterocycles. The zero-order chi connectivity index (χ0) is 19.2.